The Morgan fingerprint density at radius 2 is 2.11 bits per heavy atom. The maximum atomic E-state index is 11.8. The Bertz CT molecular complexity index is 411. The Balaban J connectivity index is 1.80. The number of benzene rings is 1. The number of anilines is 1. The van der Waals surface area contributed by atoms with E-state index in [-0.39, 0.29) is 12.2 Å². The molecular formula is C14H20N2O2S. The zero-order valence-corrected chi connectivity index (χ0v) is 12.2. The first kappa shape index (κ1) is 14.2. The van der Waals surface area contributed by atoms with E-state index < -0.39 is 0 Å². The van der Waals surface area contributed by atoms with E-state index in [0.29, 0.717) is 6.54 Å². The lowest BCUT2D eigenvalue weighted by atomic mass is 10.3. The summed E-state index contributed by atoms with van der Waals surface area (Å²) in [5.41, 5.74) is 0.910. The van der Waals surface area contributed by atoms with E-state index in [2.05, 4.69) is 19.0 Å². The van der Waals surface area contributed by atoms with Crippen LogP contribution >= 0.6 is 11.8 Å². The van der Waals surface area contributed by atoms with Crippen molar-refractivity contribution in [3.05, 3.63) is 30.3 Å². The second-order valence-electron chi connectivity index (χ2n) is 4.83. The predicted molar refractivity (Wildman–Crippen MR) is 79.9 cm³/mol. The quantitative estimate of drug-likeness (QED) is 0.749. The molecule has 0 aliphatic carbocycles. The van der Waals surface area contributed by atoms with Gasteiger partial charge in [0.2, 0.25) is 0 Å². The summed E-state index contributed by atoms with van der Waals surface area (Å²) < 4.78 is 5.39. The van der Waals surface area contributed by atoms with Gasteiger partial charge in [-0.2, -0.15) is 11.8 Å². The third-order valence-electron chi connectivity index (χ3n) is 2.93. The van der Waals surface area contributed by atoms with Gasteiger partial charge in [-0.3, -0.25) is 4.90 Å². The van der Waals surface area contributed by atoms with Gasteiger partial charge in [0, 0.05) is 23.7 Å². The van der Waals surface area contributed by atoms with E-state index in [9.17, 15) is 4.79 Å². The summed E-state index contributed by atoms with van der Waals surface area (Å²) >= 11 is 1.83. The van der Waals surface area contributed by atoms with Crippen LogP contribution in [-0.4, -0.2) is 55.8 Å². The number of hydrogen-bond donors (Lipinski definition) is 0. The van der Waals surface area contributed by atoms with E-state index in [1.807, 2.05) is 42.1 Å². The molecule has 0 radical (unpaired) electrons. The maximum absolute atomic E-state index is 11.8. The molecule has 1 amide bonds. The van der Waals surface area contributed by atoms with Crippen molar-refractivity contribution in [1.82, 2.24) is 4.90 Å². The molecule has 0 spiro atoms. The number of nitrogens with zero attached hydrogens (tertiary/aromatic N) is 2. The summed E-state index contributed by atoms with van der Waals surface area (Å²) in [5, 5.41) is 0. The van der Waals surface area contributed by atoms with Crippen LogP contribution in [0.5, 0.6) is 0 Å². The van der Waals surface area contributed by atoms with Crippen molar-refractivity contribution in [2.45, 2.75) is 6.10 Å². The van der Waals surface area contributed by atoms with Gasteiger partial charge < -0.3 is 9.64 Å². The number of amides is 1. The van der Waals surface area contributed by atoms with Crippen molar-refractivity contribution in [3.8, 4) is 0 Å². The van der Waals surface area contributed by atoms with Crippen LogP contribution < -0.4 is 4.90 Å². The number of hydrogen-bond acceptors (Lipinski definition) is 4. The molecule has 0 aromatic heterocycles. The summed E-state index contributed by atoms with van der Waals surface area (Å²) in [7, 11) is 4.13. The molecule has 1 atom stereocenters. The number of carbonyl (C=O) groups is 1. The molecule has 1 unspecified atom stereocenters. The standard InChI is InChI=1S/C14H20N2O2S/c1-15(2)8-9-19-11-13-10-16(14(17)18-13)12-6-4-3-5-7-12/h3-7,13H,8-11H2,1-2H3. The topological polar surface area (TPSA) is 32.8 Å². The van der Waals surface area contributed by atoms with Gasteiger partial charge in [0.05, 0.1) is 6.54 Å². The number of carbonyl (C=O) groups excluding carboxylic acids is 1. The first-order chi connectivity index (χ1) is 9.16. The lowest BCUT2D eigenvalue weighted by molar-refractivity contribution is 0.151. The van der Waals surface area contributed by atoms with Crippen molar-refractivity contribution >= 4 is 23.5 Å². The molecule has 19 heavy (non-hydrogen) atoms. The van der Waals surface area contributed by atoms with E-state index in [4.69, 9.17) is 4.74 Å². The van der Waals surface area contributed by atoms with E-state index in [1.165, 1.54) is 0 Å². The van der Waals surface area contributed by atoms with Gasteiger partial charge in [0.25, 0.3) is 0 Å². The predicted octanol–water partition coefficient (Wildman–Crippen LogP) is 2.31. The summed E-state index contributed by atoms with van der Waals surface area (Å²) in [6.07, 6.45) is -0.232. The Hall–Kier alpha value is -1.20. The summed E-state index contributed by atoms with van der Waals surface area (Å²) in [6, 6.07) is 9.68. The van der Waals surface area contributed by atoms with Crippen LogP contribution in [0.3, 0.4) is 0 Å². The summed E-state index contributed by atoms with van der Waals surface area (Å²) in [6.45, 7) is 1.70. The average Bonchev–Trinajstić information content (AvgIpc) is 2.77. The van der Waals surface area contributed by atoms with Crippen LogP contribution in [0.15, 0.2) is 30.3 Å². The SMILES string of the molecule is CN(C)CCSCC1CN(c2ccccc2)C(=O)O1. The number of thioether (sulfide) groups is 1. The molecule has 4 nitrogen and oxygen atoms in total. The van der Waals surface area contributed by atoms with Crippen molar-refractivity contribution < 1.29 is 9.53 Å². The molecule has 1 aliphatic rings. The third-order valence-corrected chi connectivity index (χ3v) is 4.01. The molecule has 1 aromatic rings. The number of rotatable bonds is 6. The number of para-hydroxylation sites is 1. The van der Waals surface area contributed by atoms with Crippen molar-refractivity contribution in [3.63, 3.8) is 0 Å². The highest BCUT2D eigenvalue weighted by Crippen LogP contribution is 2.22. The molecule has 104 valence electrons. The molecule has 1 aromatic carbocycles. The Labute approximate surface area is 118 Å². The zero-order valence-electron chi connectivity index (χ0n) is 11.4. The molecule has 0 N–H and O–H groups in total. The second-order valence-corrected chi connectivity index (χ2v) is 5.98. The molecule has 1 heterocycles. The third kappa shape index (κ3) is 4.14. The molecule has 2 rings (SSSR count). The Morgan fingerprint density at radius 1 is 1.37 bits per heavy atom. The minimum Gasteiger partial charge on any atom is -0.443 e. The van der Waals surface area contributed by atoms with Crippen LogP contribution in [0, 0.1) is 0 Å². The molecule has 1 saturated heterocycles. The smallest absolute Gasteiger partial charge is 0.414 e. The highest BCUT2D eigenvalue weighted by molar-refractivity contribution is 7.99. The Kier molecular flexibility index (Phi) is 5.10. The molecule has 5 heteroatoms. The van der Waals surface area contributed by atoms with Crippen molar-refractivity contribution in [2.75, 3.05) is 43.6 Å². The fourth-order valence-corrected chi connectivity index (χ4v) is 2.99. The maximum Gasteiger partial charge on any atom is 0.414 e. The lowest BCUT2D eigenvalue weighted by Crippen LogP contribution is -2.25. The van der Waals surface area contributed by atoms with Crippen molar-refractivity contribution in [1.29, 1.82) is 0 Å². The average molecular weight is 280 g/mol. The lowest BCUT2D eigenvalue weighted by Gasteiger charge is -2.12. The normalized spacial score (nSPS) is 19.0. The number of ether oxygens (including phenoxy) is 1. The van der Waals surface area contributed by atoms with E-state index in [0.717, 1.165) is 23.7 Å². The van der Waals surface area contributed by atoms with Gasteiger partial charge in [-0.15, -0.1) is 0 Å². The summed E-state index contributed by atoms with van der Waals surface area (Å²) in [4.78, 5) is 15.7. The van der Waals surface area contributed by atoms with Crippen LogP contribution in [-0.2, 0) is 4.74 Å². The van der Waals surface area contributed by atoms with Crippen LogP contribution in [0.2, 0.25) is 0 Å². The van der Waals surface area contributed by atoms with Gasteiger partial charge in [0.15, 0.2) is 0 Å². The van der Waals surface area contributed by atoms with Crippen LogP contribution in [0.1, 0.15) is 0 Å². The highest BCUT2D eigenvalue weighted by atomic mass is 32.2. The van der Waals surface area contributed by atoms with Crippen molar-refractivity contribution in [2.24, 2.45) is 0 Å². The zero-order chi connectivity index (χ0) is 13.7. The minimum atomic E-state index is -0.232. The van der Waals surface area contributed by atoms with Crippen LogP contribution in [0.4, 0.5) is 10.5 Å². The van der Waals surface area contributed by atoms with Crippen LogP contribution in [0.25, 0.3) is 0 Å². The molecule has 1 aliphatic heterocycles. The van der Waals surface area contributed by atoms with E-state index >= 15 is 0 Å². The molecule has 0 saturated carbocycles. The second kappa shape index (κ2) is 6.82. The highest BCUT2D eigenvalue weighted by Gasteiger charge is 2.31. The molecule has 0 bridgehead atoms. The first-order valence-electron chi connectivity index (χ1n) is 6.42. The monoisotopic (exact) mass is 280 g/mol. The minimum absolute atomic E-state index is 0.000122. The molecule has 1 fully saturated rings. The van der Waals surface area contributed by atoms with Gasteiger partial charge >= 0.3 is 6.09 Å². The first-order valence-corrected chi connectivity index (χ1v) is 7.58. The largest absolute Gasteiger partial charge is 0.443 e. The molecular weight excluding hydrogens is 260 g/mol. The van der Waals surface area contributed by atoms with E-state index in [1.54, 1.807) is 4.90 Å². The number of cyclic esters (lactones) is 1. The summed E-state index contributed by atoms with van der Waals surface area (Å²) in [5.74, 6) is 1.93. The van der Waals surface area contributed by atoms with Gasteiger partial charge in [-0.1, -0.05) is 18.2 Å². The fourth-order valence-electron chi connectivity index (χ4n) is 1.89. The van der Waals surface area contributed by atoms with Gasteiger partial charge in [-0.05, 0) is 26.2 Å². The Morgan fingerprint density at radius 3 is 2.79 bits per heavy atom. The van der Waals surface area contributed by atoms with Gasteiger partial charge in [-0.25, -0.2) is 4.79 Å². The van der Waals surface area contributed by atoms with Gasteiger partial charge in [0.1, 0.15) is 6.10 Å². The fraction of sp³-hybridized carbons (Fsp3) is 0.500.